The van der Waals surface area contributed by atoms with Gasteiger partial charge < -0.3 is 19.7 Å². The molecule has 22 heavy (non-hydrogen) atoms. The van der Waals surface area contributed by atoms with E-state index in [4.69, 9.17) is 9.47 Å². The monoisotopic (exact) mass is 301 g/mol. The summed E-state index contributed by atoms with van der Waals surface area (Å²) in [6, 6.07) is 5.57. The van der Waals surface area contributed by atoms with Crippen LogP contribution in [-0.4, -0.2) is 38.3 Å². The van der Waals surface area contributed by atoms with Gasteiger partial charge in [0.15, 0.2) is 0 Å². The van der Waals surface area contributed by atoms with Crippen LogP contribution >= 0.6 is 0 Å². The third-order valence-electron chi connectivity index (χ3n) is 3.10. The van der Waals surface area contributed by atoms with Gasteiger partial charge in [0.1, 0.15) is 23.0 Å². The topological polar surface area (TPSA) is 59.5 Å². The summed E-state index contributed by atoms with van der Waals surface area (Å²) in [6.45, 7) is 5.84. The molecule has 6 heteroatoms. The third-order valence-corrected chi connectivity index (χ3v) is 3.10. The van der Waals surface area contributed by atoms with Crippen molar-refractivity contribution in [3.05, 3.63) is 36.4 Å². The number of nitrogens with zero attached hydrogens (tertiary/aromatic N) is 3. The van der Waals surface area contributed by atoms with E-state index in [0.29, 0.717) is 23.1 Å². The van der Waals surface area contributed by atoms with Gasteiger partial charge in [0.05, 0.1) is 14.2 Å². The highest BCUT2D eigenvalue weighted by atomic mass is 16.5. The van der Waals surface area contributed by atoms with E-state index in [1.807, 2.05) is 44.1 Å². The van der Waals surface area contributed by atoms with E-state index in [2.05, 4.69) is 22.2 Å². The molecule has 117 valence electrons. The van der Waals surface area contributed by atoms with Gasteiger partial charge in [-0.25, -0.2) is 4.98 Å². The van der Waals surface area contributed by atoms with Crippen LogP contribution in [-0.2, 0) is 0 Å². The highest BCUT2D eigenvalue weighted by Crippen LogP contribution is 2.37. The molecule has 2 rings (SSSR count). The van der Waals surface area contributed by atoms with Crippen LogP contribution < -0.4 is 19.7 Å². The zero-order valence-electron chi connectivity index (χ0n) is 13.6. The standard InChI is InChI=1S/C16H21N4O2/c1-10-7-12(21-5)15(13(8-10)22-6)19-16-17-11(2)9-14(18-16)20(3)4/h7-9H,1H2,2-6H3,(H,17,18,19). The van der Waals surface area contributed by atoms with E-state index in [9.17, 15) is 0 Å². The van der Waals surface area contributed by atoms with Crippen LogP contribution in [0.3, 0.4) is 0 Å². The Labute approximate surface area is 131 Å². The number of hydrogen-bond donors (Lipinski definition) is 1. The fourth-order valence-corrected chi connectivity index (χ4v) is 2.04. The number of ether oxygens (including phenoxy) is 2. The minimum absolute atomic E-state index is 0.483. The first-order valence-corrected chi connectivity index (χ1v) is 6.82. The molecule has 1 heterocycles. The van der Waals surface area contributed by atoms with Crippen molar-refractivity contribution in [2.45, 2.75) is 6.92 Å². The second-order valence-electron chi connectivity index (χ2n) is 5.09. The smallest absolute Gasteiger partial charge is 0.229 e. The summed E-state index contributed by atoms with van der Waals surface area (Å²) in [4.78, 5) is 10.8. The number of methoxy groups -OCH3 is 2. The molecule has 2 aromatic rings. The molecule has 1 aromatic carbocycles. The first-order chi connectivity index (χ1) is 10.4. The fourth-order valence-electron chi connectivity index (χ4n) is 2.04. The number of nitrogens with one attached hydrogen (secondary N) is 1. The Kier molecular flexibility index (Phi) is 4.70. The third kappa shape index (κ3) is 3.39. The molecule has 0 aliphatic rings. The van der Waals surface area contributed by atoms with Crippen LogP contribution in [0.15, 0.2) is 18.2 Å². The quantitative estimate of drug-likeness (QED) is 0.916. The summed E-state index contributed by atoms with van der Waals surface area (Å²) in [5, 5.41) is 3.18. The molecule has 0 saturated heterocycles. The zero-order valence-corrected chi connectivity index (χ0v) is 13.6. The molecule has 0 unspecified atom stereocenters. The Morgan fingerprint density at radius 2 is 1.64 bits per heavy atom. The van der Waals surface area contributed by atoms with Gasteiger partial charge in [-0.3, -0.25) is 0 Å². The van der Waals surface area contributed by atoms with Crippen molar-refractivity contribution in [2.75, 3.05) is 38.5 Å². The normalized spacial score (nSPS) is 10.3. The average Bonchev–Trinajstić information content (AvgIpc) is 2.47. The van der Waals surface area contributed by atoms with Crippen molar-refractivity contribution in [3.63, 3.8) is 0 Å². The fraction of sp³-hybridized carbons (Fsp3) is 0.312. The lowest BCUT2D eigenvalue weighted by atomic mass is 10.2. The Balaban J connectivity index is 2.46. The molecule has 1 radical (unpaired) electrons. The molecule has 0 spiro atoms. The van der Waals surface area contributed by atoms with Gasteiger partial charge >= 0.3 is 0 Å². The minimum Gasteiger partial charge on any atom is -0.494 e. The number of anilines is 3. The molecule has 0 bridgehead atoms. The predicted molar refractivity (Wildman–Crippen MR) is 88.4 cm³/mol. The van der Waals surface area contributed by atoms with E-state index in [1.54, 1.807) is 14.2 Å². The van der Waals surface area contributed by atoms with Gasteiger partial charge in [-0.15, -0.1) is 0 Å². The number of benzene rings is 1. The molecular weight excluding hydrogens is 280 g/mol. The van der Waals surface area contributed by atoms with E-state index < -0.39 is 0 Å². The van der Waals surface area contributed by atoms with Crippen LogP contribution in [0.5, 0.6) is 11.5 Å². The molecule has 1 aromatic heterocycles. The summed E-state index contributed by atoms with van der Waals surface area (Å²) in [5.41, 5.74) is 2.35. The van der Waals surface area contributed by atoms with Crippen molar-refractivity contribution < 1.29 is 9.47 Å². The maximum atomic E-state index is 5.40. The summed E-state index contributed by atoms with van der Waals surface area (Å²) < 4.78 is 10.8. The lowest BCUT2D eigenvalue weighted by Gasteiger charge is -2.17. The van der Waals surface area contributed by atoms with E-state index in [-0.39, 0.29) is 0 Å². The van der Waals surface area contributed by atoms with Gasteiger partial charge in [-0.2, -0.15) is 4.98 Å². The number of aromatic nitrogens is 2. The van der Waals surface area contributed by atoms with Gasteiger partial charge in [0.2, 0.25) is 5.95 Å². The molecule has 0 amide bonds. The summed E-state index contributed by atoms with van der Waals surface area (Å²) in [7, 11) is 7.07. The average molecular weight is 301 g/mol. The Morgan fingerprint density at radius 3 is 2.14 bits per heavy atom. The second-order valence-corrected chi connectivity index (χ2v) is 5.09. The molecule has 0 atom stereocenters. The highest BCUT2D eigenvalue weighted by Gasteiger charge is 2.14. The highest BCUT2D eigenvalue weighted by molar-refractivity contribution is 5.72. The van der Waals surface area contributed by atoms with Crippen molar-refractivity contribution in [3.8, 4) is 11.5 Å². The van der Waals surface area contributed by atoms with E-state index >= 15 is 0 Å². The Bertz CT molecular complexity index is 646. The predicted octanol–water partition coefficient (Wildman–Crippen LogP) is 2.79. The van der Waals surface area contributed by atoms with Crippen molar-refractivity contribution in [1.82, 2.24) is 9.97 Å². The first kappa shape index (κ1) is 15.9. The maximum absolute atomic E-state index is 5.40. The van der Waals surface area contributed by atoms with Gasteiger partial charge in [-0.1, -0.05) is 0 Å². The van der Waals surface area contributed by atoms with Gasteiger partial charge in [0, 0.05) is 25.9 Å². The molecule has 0 aliphatic heterocycles. The zero-order chi connectivity index (χ0) is 16.3. The van der Waals surface area contributed by atoms with Crippen LogP contribution in [0.4, 0.5) is 17.5 Å². The van der Waals surface area contributed by atoms with Crippen LogP contribution in [0.2, 0.25) is 0 Å². The summed E-state index contributed by atoms with van der Waals surface area (Å²) in [5.74, 6) is 2.56. The summed E-state index contributed by atoms with van der Waals surface area (Å²) in [6.07, 6.45) is 0. The Morgan fingerprint density at radius 1 is 1.05 bits per heavy atom. The second kappa shape index (κ2) is 6.51. The number of hydrogen-bond acceptors (Lipinski definition) is 6. The Hall–Kier alpha value is -2.50. The molecule has 1 N–H and O–H groups in total. The van der Waals surface area contributed by atoms with Gasteiger partial charge in [0.25, 0.3) is 0 Å². The molecular formula is C16H21N4O2. The van der Waals surface area contributed by atoms with Gasteiger partial charge in [-0.05, 0) is 31.5 Å². The molecule has 0 fully saturated rings. The van der Waals surface area contributed by atoms with Crippen molar-refractivity contribution in [1.29, 1.82) is 0 Å². The summed E-state index contributed by atoms with van der Waals surface area (Å²) >= 11 is 0. The lowest BCUT2D eigenvalue weighted by Crippen LogP contribution is -2.13. The minimum atomic E-state index is 0.483. The molecule has 6 nitrogen and oxygen atoms in total. The molecule has 0 saturated carbocycles. The molecule has 0 aliphatic carbocycles. The van der Waals surface area contributed by atoms with Crippen LogP contribution in [0.25, 0.3) is 0 Å². The van der Waals surface area contributed by atoms with Crippen LogP contribution in [0.1, 0.15) is 11.3 Å². The van der Waals surface area contributed by atoms with E-state index in [1.165, 1.54) is 0 Å². The van der Waals surface area contributed by atoms with Crippen LogP contribution in [0, 0.1) is 13.8 Å². The maximum Gasteiger partial charge on any atom is 0.229 e. The SMILES string of the molecule is [CH2]c1cc(OC)c(Nc2nc(C)cc(N(C)C)n2)c(OC)c1. The first-order valence-electron chi connectivity index (χ1n) is 6.82. The lowest BCUT2D eigenvalue weighted by molar-refractivity contribution is 0.397. The van der Waals surface area contributed by atoms with E-state index in [0.717, 1.165) is 17.1 Å². The number of aryl methyl sites for hydroxylation is 1. The number of rotatable bonds is 5. The van der Waals surface area contributed by atoms with Crippen molar-refractivity contribution in [2.24, 2.45) is 0 Å². The largest absolute Gasteiger partial charge is 0.494 e. The van der Waals surface area contributed by atoms with Crippen molar-refractivity contribution >= 4 is 17.5 Å².